The third-order valence-corrected chi connectivity index (χ3v) is 2.49. The van der Waals surface area contributed by atoms with Gasteiger partial charge in [-0.3, -0.25) is 9.59 Å². The van der Waals surface area contributed by atoms with Crippen LogP contribution in [-0.2, 0) is 25.7 Å². The van der Waals surface area contributed by atoms with Crippen LogP contribution in [0.25, 0.3) is 0 Å². The van der Waals surface area contributed by atoms with Gasteiger partial charge in [0.25, 0.3) is 0 Å². The quantitative estimate of drug-likeness (QED) is 0.610. The molecule has 1 aromatic carbocycles. The van der Waals surface area contributed by atoms with Gasteiger partial charge in [0.05, 0.1) is 6.61 Å². The molecule has 0 saturated carbocycles. The molecule has 0 atom stereocenters. The largest absolute Gasteiger partial charge is 0.481 e. The molecule has 130 valence electrons. The fourth-order valence-electron chi connectivity index (χ4n) is 1.68. The fraction of sp³-hybridized carbons (Fsp3) is 0.556. The first-order valence-electron chi connectivity index (χ1n) is 7.74. The predicted molar refractivity (Wildman–Crippen MR) is 89.1 cm³/mol. The zero-order valence-electron chi connectivity index (χ0n) is 14.5. The van der Waals surface area contributed by atoms with Gasteiger partial charge in [-0.05, 0) is 39.2 Å². The molecule has 0 aromatic heterocycles. The Labute approximate surface area is 138 Å². The van der Waals surface area contributed by atoms with Crippen LogP contribution < -0.4 is 0 Å². The van der Waals surface area contributed by atoms with E-state index >= 15 is 0 Å². The first kappa shape index (κ1) is 21.1. The summed E-state index contributed by atoms with van der Waals surface area (Å²) in [4.78, 5) is 20.4. The average molecular weight is 324 g/mol. The molecule has 0 bridgehead atoms. The van der Waals surface area contributed by atoms with Crippen LogP contribution in [0, 0.1) is 0 Å². The maximum atomic E-state index is 10.2. The van der Waals surface area contributed by atoms with Crippen LogP contribution in [0.15, 0.2) is 30.3 Å². The zero-order valence-corrected chi connectivity index (χ0v) is 14.5. The normalized spacial score (nSPS) is 10.4. The van der Waals surface area contributed by atoms with Crippen LogP contribution in [0.2, 0.25) is 0 Å². The summed E-state index contributed by atoms with van der Waals surface area (Å²) >= 11 is 0. The molecule has 0 amide bonds. The number of rotatable bonds is 7. The van der Waals surface area contributed by atoms with Crippen molar-refractivity contribution in [1.29, 1.82) is 0 Å². The Bertz CT molecular complexity index is 448. The lowest BCUT2D eigenvalue weighted by atomic mass is 10.2. The number of carboxylic acids is 1. The van der Waals surface area contributed by atoms with Gasteiger partial charge in [0.2, 0.25) is 0 Å². The lowest BCUT2D eigenvalue weighted by molar-refractivity contribution is -0.151. The van der Waals surface area contributed by atoms with Crippen molar-refractivity contribution in [3.63, 3.8) is 0 Å². The Hall–Kier alpha value is -1.88. The summed E-state index contributed by atoms with van der Waals surface area (Å²) < 4.78 is 10.2. The van der Waals surface area contributed by atoms with Crippen molar-refractivity contribution in [1.82, 2.24) is 0 Å². The van der Waals surface area contributed by atoms with Crippen molar-refractivity contribution in [2.75, 3.05) is 6.61 Å². The van der Waals surface area contributed by atoms with Crippen LogP contribution >= 0.6 is 0 Å². The molecule has 0 fully saturated rings. The minimum Gasteiger partial charge on any atom is -0.481 e. The summed E-state index contributed by atoms with van der Waals surface area (Å²) in [5.74, 6) is -0.962. The first-order valence-corrected chi connectivity index (χ1v) is 7.74. The molecule has 23 heavy (non-hydrogen) atoms. The number of carboxylic acid groups (broad SMARTS) is 1. The third-order valence-electron chi connectivity index (χ3n) is 2.49. The van der Waals surface area contributed by atoms with E-state index in [0.29, 0.717) is 19.6 Å². The highest BCUT2D eigenvalue weighted by Gasteiger charge is 2.11. The van der Waals surface area contributed by atoms with Crippen LogP contribution in [0.1, 0.15) is 52.5 Å². The highest BCUT2D eigenvalue weighted by molar-refractivity contribution is 5.66. The minimum absolute atomic E-state index is 0.225. The van der Waals surface area contributed by atoms with E-state index in [9.17, 15) is 9.59 Å². The Balaban J connectivity index is 0.000000515. The van der Waals surface area contributed by atoms with Gasteiger partial charge in [0.1, 0.15) is 5.60 Å². The van der Waals surface area contributed by atoms with E-state index in [4.69, 9.17) is 14.6 Å². The Kier molecular flexibility index (Phi) is 10.7. The predicted octanol–water partition coefficient (Wildman–Crippen LogP) is 3.81. The number of aliphatic carboxylic acids is 1. The Morgan fingerprint density at radius 1 is 1.09 bits per heavy atom. The summed E-state index contributed by atoms with van der Waals surface area (Å²) in [5.41, 5.74) is 0.821. The van der Waals surface area contributed by atoms with Crippen molar-refractivity contribution in [2.45, 2.75) is 59.2 Å². The van der Waals surface area contributed by atoms with Gasteiger partial charge in [0, 0.05) is 20.0 Å². The molecule has 5 nitrogen and oxygen atoms in total. The van der Waals surface area contributed by atoms with Gasteiger partial charge in [-0.15, -0.1) is 0 Å². The number of esters is 1. The SMILES string of the molecule is CC(=O)OC(C)(C)C.O=C(O)CCCCOCc1ccccc1. The van der Waals surface area contributed by atoms with Gasteiger partial charge in [-0.1, -0.05) is 30.3 Å². The average Bonchev–Trinajstić information content (AvgIpc) is 2.41. The number of hydrogen-bond acceptors (Lipinski definition) is 4. The molecular formula is C18H28O5. The summed E-state index contributed by atoms with van der Waals surface area (Å²) in [5, 5.41) is 8.41. The number of carbonyl (C=O) groups is 2. The summed E-state index contributed by atoms with van der Waals surface area (Å²) in [6.45, 7) is 8.17. The van der Waals surface area contributed by atoms with E-state index in [1.807, 2.05) is 51.1 Å². The highest BCUT2D eigenvalue weighted by Crippen LogP contribution is 2.05. The van der Waals surface area contributed by atoms with E-state index in [-0.39, 0.29) is 18.0 Å². The van der Waals surface area contributed by atoms with Gasteiger partial charge < -0.3 is 14.6 Å². The second-order valence-corrected chi connectivity index (χ2v) is 6.10. The molecule has 0 spiro atoms. The summed E-state index contributed by atoms with van der Waals surface area (Å²) in [7, 11) is 0. The van der Waals surface area contributed by atoms with Crippen molar-refractivity contribution in [2.24, 2.45) is 0 Å². The lowest BCUT2D eigenvalue weighted by Gasteiger charge is -2.17. The Morgan fingerprint density at radius 2 is 1.70 bits per heavy atom. The zero-order chi connectivity index (χ0) is 17.7. The molecular weight excluding hydrogens is 296 g/mol. The maximum absolute atomic E-state index is 10.2. The van der Waals surface area contributed by atoms with Crippen LogP contribution in [0.3, 0.4) is 0 Å². The lowest BCUT2D eigenvalue weighted by Crippen LogP contribution is -2.21. The van der Waals surface area contributed by atoms with Crippen LogP contribution in [-0.4, -0.2) is 29.3 Å². The number of carbonyl (C=O) groups excluding carboxylic acids is 1. The fourth-order valence-corrected chi connectivity index (χ4v) is 1.68. The molecule has 0 unspecified atom stereocenters. The molecule has 0 aliphatic carbocycles. The maximum Gasteiger partial charge on any atom is 0.303 e. The second kappa shape index (κ2) is 11.7. The first-order chi connectivity index (χ1) is 10.7. The minimum atomic E-state index is -0.738. The number of hydrogen-bond donors (Lipinski definition) is 1. The molecule has 1 rings (SSSR count). The van der Waals surface area contributed by atoms with E-state index in [1.165, 1.54) is 6.92 Å². The van der Waals surface area contributed by atoms with Crippen molar-refractivity contribution in [3.8, 4) is 0 Å². The van der Waals surface area contributed by atoms with Gasteiger partial charge in [-0.2, -0.15) is 0 Å². The second-order valence-electron chi connectivity index (χ2n) is 6.10. The molecule has 0 aliphatic rings. The van der Waals surface area contributed by atoms with Gasteiger partial charge >= 0.3 is 11.9 Å². The highest BCUT2D eigenvalue weighted by atomic mass is 16.6. The van der Waals surface area contributed by atoms with Crippen LogP contribution in [0.4, 0.5) is 0 Å². The number of unbranched alkanes of at least 4 members (excludes halogenated alkanes) is 1. The molecule has 5 heteroatoms. The van der Waals surface area contributed by atoms with Crippen molar-refractivity contribution < 1.29 is 24.2 Å². The van der Waals surface area contributed by atoms with Gasteiger partial charge in [0.15, 0.2) is 0 Å². The summed E-state index contributed by atoms with van der Waals surface area (Å²) in [6.07, 6.45) is 1.72. The van der Waals surface area contributed by atoms with E-state index < -0.39 is 5.97 Å². The summed E-state index contributed by atoms with van der Waals surface area (Å²) in [6, 6.07) is 9.94. The molecule has 0 aliphatic heterocycles. The standard InChI is InChI=1S/C12H16O3.C6H12O2/c13-12(14)8-4-5-9-15-10-11-6-2-1-3-7-11;1-5(7)8-6(2,3)4/h1-3,6-7H,4-5,8-10H2,(H,13,14);1-4H3. The van der Waals surface area contributed by atoms with Crippen molar-refractivity contribution in [3.05, 3.63) is 35.9 Å². The number of ether oxygens (including phenoxy) is 2. The topological polar surface area (TPSA) is 72.8 Å². The van der Waals surface area contributed by atoms with E-state index in [0.717, 1.165) is 12.0 Å². The monoisotopic (exact) mass is 324 g/mol. The smallest absolute Gasteiger partial charge is 0.303 e. The molecule has 0 heterocycles. The molecule has 0 saturated heterocycles. The third kappa shape index (κ3) is 16.3. The van der Waals surface area contributed by atoms with E-state index in [2.05, 4.69) is 0 Å². The molecule has 0 radical (unpaired) electrons. The Morgan fingerprint density at radius 3 is 2.13 bits per heavy atom. The van der Waals surface area contributed by atoms with E-state index in [1.54, 1.807) is 0 Å². The molecule has 1 aromatic rings. The number of benzene rings is 1. The molecule has 1 N–H and O–H groups in total. The van der Waals surface area contributed by atoms with Crippen LogP contribution in [0.5, 0.6) is 0 Å². The van der Waals surface area contributed by atoms with Crippen molar-refractivity contribution >= 4 is 11.9 Å². The van der Waals surface area contributed by atoms with Gasteiger partial charge in [-0.25, -0.2) is 0 Å².